The van der Waals surface area contributed by atoms with Gasteiger partial charge in [-0.2, -0.15) is 5.10 Å². The first-order chi connectivity index (χ1) is 17.3. The first-order valence-corrected chi connectivity index (χ1v) is 12.4. The lowest BCUT2D eigenvalue weighted by Gasteiger charge is -2.08. The molecule has 5 aromatic rings. The zero-order valence-corrected chi connectivity index (χ0v) is 22.0. The average molecular weight is 610 g/mol. The van der Waals surface area contributed by atoms with Gasteiger partial charge in [-0.15, -0.1) is 0 Å². The molecule has 0 fully saturated rings. The molecule has 0 saturated heterocycles. The second kappa shape index (κ2) is 9.71. The Morgan fingerprint density at radius 3 is 2.64 bits per heavy atom. The van der Waals surface area contributed by atoms with Crippen molar-refractivity contribution in [1.29, 1.82) is 0 Å². The van der Waals surface area contributed by atoms with E-state index in [1.165, 1.54) is 12.1 Å². The predicted octanol–water partition coefficient (Wildman–Crippen LogP) is 6.94. The number of furan rings is 1. The standard InChI is InChI=1S/C26H18Br2N4O4/c1-15-21(13-29-30-26(33)24-11-17-10-18(27)12-22(28)25(17)36-24)20-4-2-3-5-23(20)31(15)14-16-6-8-19(9-7-16)32(34)35/h2-13H,14H2,1H3,(H,30,33)/b29-13-. The summed E-state index contributed by atoms with van der Waals surface area (Å²) in [6, 6.07) is 19.8. The predicted molar refractivity (Wildman–Crippen MR) is 146 cm³/mol. The van der Waals surface area contributed by atoms with Gasteiger partial charge < -0.3 is 8.98 Å². The fourth-order valence-electron chi connectivity index (χ4n) is 4.13. The molecule has 0 aliphatic heterocycles. The molecule has 0 atom stereocenters. The zero-order chi connectivity index (χ0) is 25.4. The molecule has 0 unspecified atom stereocenters. The van der Waals surface area contributed by atoms with Crippen LogP contribution in [-0.2, 0) is 6.54 Å². The van der Waals surface area contributed by atoms with Gasteiger partial charge in [0.1, 0.15) is 5.58 Å². The van der Waals surface area contributed by atoms with Gasteiger partial charge in [0, 0.05) is 50.7 Å². The molecule has 3 aromatic carbocycles. The molecular weight excluding hydrogens is 592 g/mol. The first kappa shape index (κ1) is 24.0. The van der Waals surface area contributed by atoms with Gasteiger partial charge in [-0.3, -0.25) is 14.9 Å². The van der Waals surface area contributed by atoms with Crippen LogP contribution in [0.1, 0.15) is 27.4 Å². The van der Waals surface area contributed by atoms with Gasteiger partial charge in [0.2, 0.25) is 0 Å². The second-order valence-electron chi connectivity index (χ2n) is 8.14. The molecule has 0 aliphatic rings. The molecule has 1 N–H and O–H groups in total. The first-order valence-electron chi connectivity index (χ1n) is 10.8. The Balaban J connectivity index is 1.40. The van der Waals surface area contributed by atoms with Crippen molar-refractivity contribution in [3.8, 4) is 0 Å². The number of fused-ring (bicyclic) bond motifs is 2. The minimum Gasteiger partial charge on any atom is -0.450 e. The fourth-order valence-corrected chi connectivity index (χ4v) is 5.47. The summed E-state index contributed by atoms with van der Waals surface area (Å²) in [6.07, 6.45) is 1.62. The van der Waals surface area contributed by atoms with Crippen molar-refractivity contribution in [2.45, 2.75) is 13.5 Å². The third-order valence-corrected chi connectivity index (χ3v) is 6.93. The molecule has 5 rings (SSSR count). The van der Waals surface area contributed by atoms with Crippen molar-refractivity contribution in [2.75, 3.05) is 0 Å². The Labute approximate surface area is 222 Å². The van der Waals surface area contributed by atoms with Crippen molar-refractivity contribution in [3.63, 3.8) is 0 Å². The minimum absolute atomic E-state index is 0.0563. The van der Waals surface area contributed by atoms with Crippen molar-refractivity contribution in [1.82, 2.24) is 9.99 Å². The van der Waals surface area contributed by atoms with E-state index in [4.69, 9.17) is 4.42 Å². The molecular formula is C26H18Br2N4O4. The summed E-state index contributed by atoms with van der Waals surface area (Å²) in [5.74, 6) is -0.309. The lowest BCUT2D eigenvalue weighted by Crippen LogP contribution is -2.16. The van der Waals surface area contributed by atoms with Gasteiger partial charge in [0.25, 0.3) is 5.69 Å². The van der Waals surface area contributed by atoms with Crippen LogP contribution in [0.15, 0.2) is 85.2 Å². The number of nitrogens with zero attached hydrogens (tertiary/aromatic N) is 3. The van der Waals surface area contributed by atoms with E-state index in [0.717, 1.165) is 42.1 Å². The van der Waals surface area contributed by atoms with E-state index in [1.54, 1.807) is 24.4 Å². The Kier molecular flexibility index (Phi) is 6.46. The Morgan fingerprint density at radius 1 is 1.14 bits per heavy atom. The van der Waals surface area contributed by atoms with Crippen LogP contribution in [0, 0.1) is 17.0 Å². The summed E-state index contributed by atoms with van der Waals surface area (Å²) >= 11 is 6.87. The van der Waals surface area contributed by atoms with E-state index in [9.17, 15) is 14.9 Å². The van der Waals surface area contributed by atoms with Crippen LogP contribution in [-0.4, -0.2) is 21.6 Å². The number of carbonyl (C=O) groups is 1. The van der Waals surface area contributed by atoms with Crippen LogP contribution in [0.25, 0.3) is 21.9 Å². The third-order valence-electron chi connectivity index (χ3n) is 5.89. The highest BCUT2D eigenvalue weighted by atomic mass is 79.9. The lowest BCUT2D eigenvalue weighted by atomic mass is 10.1. The number of benzene rings is 3. The normalized spacial score (nSPS) is 11.5. The smallest absolute Gasteiger partial charge is 0.307 e. The number of nitro benzene ring substituents is 1. The number of aromatic nitrogens is 1. The fraction of sp³-hybridized carbons (Fsp3) is 0.0769. The van der Waals surface area contributed by atoms with Crippen LogP contribution < -0.4 is 5.43 Å². The Hall–Kier alpha value is -3.76. The van der Waals surface area contributed by atoms with Gasteiger partial charge in [0.05, 0.1) is 15.6 Å². The summed E-state index contributed by atoms with van der Waals surface area (Å²) in [4.78, 5) is 23.2. The van der Waals surface area contributed by atoms with Gasteiger partial charge in [-0.05, 0) is 52.7 Å². The van der Waals surface area contributed by atoms with Gasteiger partial charge >= 0.3 is 5.91 Å². The van der Waals surface area contributed by atoms with E-state index in [2.05, 4.69) is 47.0 Å². The number of hydrogen-bond acceptors (Lipinski definition) is 5. The Bertz CT molecular complexity index is 1670. The highest BCUT2D eigenvalue weighted by Crippen LogP contribution is 2.31. The zero-order valence-electron chi connectivity index (χ0n) is 18.9. The summed E-state index contributed by atoms with van der Waals surface area (Å²) in [6.45, 7) is 2.51. The van der Waals surface area contributed by atoms with Gasteiger partial charge in [-0.1, -0.05) is 46.3 Å². The van der Waals surface area contributed by atoms with E-state index in [0.29, 0.717) is 12.1 Å². The van der Waals surface area contributed by atoms with Crippen molar-refractivity contribution in [3.05, 3.63) is 108 Å². The molecule has 180 valence electrons. The van der Waals surface area contributed by atoms with E-state index < -0.39 is 10.8 Å². The number of rotatable bonds is 6. The topological polar surface area (TPSA) is 103 Å². The third kappa shape index (κ3) is 4.57. The van der Waals surface area contributed by atoms with Crippen LogP contribution in [0.4, 0.5) is 5.69 Å². The monoisotopic (exact) mass is 608 g/mol. The van der Waals surface area contributed by atoms with Gasteiger partial charge in [0.15, 0.2) is 5.76 Å². The molecule has 10 heteroatoms. The number of amides is 1. The SMILES string of the molecule is Cc1c(/C=N\NC(=O)c2cc3cc(Br)cc(Br)c3o2)c2ccccc2n1Cc1ccc([N+](=O)[O-])cc1. The van der Waals surface area contributed by atoms with E-state index >= 15 is 0 Å². The number of nitro groups is 1. The molecule has 0 aliphatic carbocycles. The van der Waals surface area contributed by atoms with Crippen LogP contribution in [0.2, 0.25) is 0 Å². The molecule has 36 heavy (non-hydrogen) atoms. The van der Waals surface area contributed by atoms with Crippen LogP contribution in [0.3, 0.4) is 0 Å². The van der Waals surface area contributed by atoms with Crippen molar-refractivity contribution < 1.29 is 14.1 Å². The maximum absolute atomic E-state index is 12.7. The number of hydrazone groups is 1. The summed E-state index contributed by atoms with van der Waals surface area (Å²) in [7, 11) is 0. The summed E-state index contributed by atoms with van der Waals surface area (Å²) in [5, 5.41) is 16.9. The molecule has 0 spiro atoms. The van der Waals surface area contributed by atoms with E-state index in [1.807, 2.05) is 43.3 Å². The lowest BCUT2D eigenvalue weighted by molar-refractivity contribution is -0.384. The molecule has 8 nitrogen and oxygen atoms in total. The molecule has 0 radical (unpaired) electrons. The summed E-state index contributed by atoms with van der Waals surface area (Å²) in [5.41, 5.74) is 6.93. The number of non-ortho nitro benzene ring substituents is 1. The number of para-hydroxylation sites is 1. The second-order valence-corrected chi connectivity index (χ2v) is 9.91. The quantitative estimate of drug-likeness (QED) is 0.128. The average Bonchev–Trinajstić information content (AvgIpc) is 3.40. The summed E-state index contributed by atoms with van der Waals surface area (Å²) < 4.78 is 9.44. The maximum atomic E-state index is 12.7. The molecule has 0 bridgehead atoms. The number of nitrogens with one attached hydrogen (secondary N) is 1. The largest absolute Gasteiger partial charge is 0.450 e. The van der Waals surface area contributed by atoms with Gasteiger partial charge in [-0.25, -0.2) is 5.43 Å². The van der Waals surface area contributed by atoms with Crippen LogP contribution in [0.5, 0.6) is 0 Å². The molecule has 1 amide bonds. The van der Waals surface area contributed by atoms with E-state index in [-0.39, 0.29) is 11.4 Å². The highest BCUT2D eigenvalue weighted by Gasteiger charge is 2.16. The van der Waals surface area contributed by atoms with Crippen molar-refractivity contribution >= 4 is 71.5 Å². The highest BCUT2D eigenvalue weighted by molar-refractivity contribution is 9.11. The minimum atomic E-state index is -0.460. The molecule has 2 heterocycles. The number of carbonyl (C=O) groups excluding carboxylic acids is 1. The Morgan fingerprint density at radius 2 is 1.89 bits per heavy atom. The maximum Gasteiger partial charge on any atom is 0.307 e. The van der Waals surface area contributed by atoms with Crippen molar-refractivity contribution in [2.24, 2.45) is 5.10 Å². The number of hydrogen-bond donors (Lipinski definition) is 1. The van der Waals surface area contributed by atoms with Crippen LogP contribution >= 0.6 is 31.9 Å². The molecule has 2 aromatic heterocycles. The number of halogens is 2. The molecule has 0 saturated carbocycles.